The number of nitrogens with one attached hydrogen (secondary N) is 1. The Hall–Kier alpha value is -3.09. The number of rotatable bonds is 14. The highest BCUT2D eigenvalue weighted by Gasteiger charge is 2.05. The van der Waals surface area contributed by atoms with Gasteiger partial charge in [0.25, 0.3) is 0 Å². The molecular formula is C23H31NO6. The predicted octanol–water partition coefficient (Wildman–Crippen LogP) is 4.07. The van der Waals surface area contributed by atoms with Gasteiger partial charge < -0.3 is 19.5 Å². The van der Waals surface area contributed by atoms with Gasteiger partial charge in [-0.2, -0.15) is 0 Å². The third-order valence-corrected chi connectivity index (χ3v) is 4.13. The third kappa shape index (κ3) is 11.7. The summed E-state index contributed by atoms with van der Waals surface area (Å²) in [5, 5.41) is 2.55. The van der Waals surface area contributed by atoms with Crippen molar-refractivity contribution in [3.05, 3.63) is 48.1 Å². The number of alkyl carbamates (subject to hydrolysis) is 1. The fraction of sp³-hybridized carbons (Fsp3) is 0.435. The summed E-state index contributed by atoms with van der Waals surface area (Å²) in [6.07, 6.45) is 6.36. The van der Waals surface area contributed by atoms with Gasteiger partial charge in [-0.05, 0) is 62.0 Å². The Labute approximate surface area is 178 Å². The molecule has 0 heterocycles. The number of esters is 1. The second-order valence-electron chi connectivity index (χ2n) is 6.70. The molecule has 0 atom stereocenters. The number of hydrogen-bond donors (Lipinski definition) is 1. The van der Waals surface area contributed by atoms with E-state index in [1.807, 2.05) is 24.3 Å². The van der Waals surface area contributed by atoms with E-state index in [0.29, 0.717) is 18.8 Å². The van der Waals surface area contributed by atoms with E-state index >= 15 is 0 Å². The number of ether oxygens (including phenoxy) is 3. The summed E-state index contributed by atoms with van der Waals surface area (Å²) in [5.41, 5.74) is 1.37. The highest BCUT2D eigenvalue weighted by molar-refractivity contribution is 5.94. The van der Waals surface area contributed by atoms with Crippen LogP contribution in [-0.2, 0) is 19.1 Å². The number of ketones is 1. The van der Waals surface area contributed by atoms with E-state index in [-0.39, 0.29) is 18.7 Å². The lowest BCUT2D eigenvalue weighted by Gasteiger charge is -2.08. The average molecular weight is 418 g/mol. The van der Waals surface area contributed by atoms with Crippen molar-refractivity contribution in [3.8, 4) is 5.75 Å². The summed E-state index contributed by atoms with van der Waals surface area (Å²) < 4.78 is 15.3. The van der Waals surface area contributed by atoms with Crippen molar-refractivity contribution in [3.63, 3.8) is 0 Å². The highest BCUT2D eigenvalue weighted by Crippen LogP contribution is 2.14. The van der Waals surface area contributed by atoms with Crippen LogP contribution >= 0.6 is 0 Å². The molecule has 0 radical (unpaired) electrons. The van der Waals surface area contributed by atoms with Crippen molar-refractivity contribution < 1.29 is 28.6 Å². The highest BCUT2D eigenvalue weighted by atomic mass is 16.5. The van der Waals surface area contributed by atoms with Gasteiger partial charge >= 0.3 is 12.1 Å². The second-order valence-corrected chi connectivity index (χ2v) is 6.70. The van der Waals surface area contributed by atoms with Crippen LogP contribution < -0.4 is 10.1 Å². The molecule has 1 aromatic carbocycles. The first-order chi connectivity index (χ1) is 14.4. The zero-order valence-corrected chi connectivity index (χ0v) is 17.8. The molecule has 0 bridgehead atoms. The number of amides is 1. The molecule has 0 saturated carbocycles. The Morgan fingerprint density at radius 3 is 2.33 bits per heavy atom. The lowest BCUT2D eigenvalue weighted by molar-refractivity contribution is -0.134. The minimum Gasteiger partial charge on any atom is -0.494 e. The first kappa shape index (κ1) is 24.9. The summed E-state index contributed by atoms with van der Waals surface area (Å²) in [5.74, 6) is 0.315. The van der Waals surface area contributed by atoms with Crippen molar-refractivity contribution in [2.24, 2.45) is 0 Å². The molecule has 0 aliphatic rings. The summed E-state index contributed by atoms with van der Waals surface area (Å²) in [6, 6.07) is 7.44. The lowest BCUT2D eigenvalue weighted by Crippen LogP contribution is -2.27. The Morgan fingerprint density at radius 1 is 1.03 bits per heavy atom. The van der Waals surface area contributed by atoms with Crippen LogP contribution in [0.15, 0.2) is 42.5 Å². The van der Waals surface area contributed by atoms with E-state index in [0.717, 1.165) is 37.0 Å². The number of carbonyl (C=O) groups excluding carboxylic acids is 3. The average Bonchev–Trinajstić information content (AvgIpc) is 2.74. The molecular weight excluding hydrogens is 386 g/mol. The van der Waals surface area contributed by atoms with Crippen LogP contribution in [0.3, 0.4) is 0 Å². The smallest absolute Gasteiger partial charge is 0.407 e. The van der Waals surface area contributed by atoms with Gasteiger partial charge in [-0.3, -0.25) is 4.79 Å². The van der Waals surface area contributed by atoms with Crippen molar-refractivity contribution in [1.82, 2.24) is 5.32 Å². The van der Waals surface area contributed by atoms with Crippen LogP contribution in [0.1, 0.15) is 44.6 Å². The molecule has 7 heteroatoms. The van der Waals surface area contributed by atoms with Gasteiger partial charge in [0.05, 0.1) is 20.3 Å². The van der Waals surface area contributed by atoms with Crippen LogP contribution in [0.5, 0.6) is 5.75 Å². The molecule has 1 aromatic rings. The molecule has 0 aliphatic carbocycles. The van der Waals surface area contributed by atoms with Gasteiger partial charge in [-0.15, -0.1) is 0 Å². The number of allylic oxidation sites excluding steroid dienone is 1. The van der Waals surface area contributed by atoms with Crippen LogP contribution in [0.2, 0.25) is 0 Å². The number of carbonyl (C=O) groups is 3. The zero-order valence-electron chi connectivity index (χ0n) is 17.8. The number of Topliss-reactive ketones (excluding diaryl/α,β-unsaturated/α-hetero) is 1. The summed E-state index contributed by atoms with van der Waals surface area (Å²) in [4.78, 5) is 33.9. The number of hydrogen-bond acceptors (Lipinski definition) is 6. The minimum absolute atomic E-state index is 0.0659. The Morgan fingerprint density at radius 2 is 1.70 bits per heavy atom. The largest absolute Gasteiger partial charge is 0.494 e. The van der Waals surface area contributed by atoms with Crippen LogP contribution in [0, 0.1) is 0 Å². The first-order valence-electron chi connectivity index (χ1n) is 10.0. The van der Waals surface area contributed by atoms with Crippen LogP contribution in [-0.4, -0.2) is 44.7 Å². The minimum atomic E-state index is -0.502. The quantitative estimate of drug-likeness (QED) is 0.279. The lowest BCUT2D eigenvalue weighted by atomic mass is 10.2. The van der Waals surface area contributed by atoms with Gasteiger partial charge in [0.2, 0.25) is 0 Å². The maximum atomic E-state index is 11.5. The van der Waals surface area contributed by atoms with E-state index < -0.39 is 12.1 Å². The third-order valence-electron chi connectivity index (χ3n) is 4.13. The van der Waals surface area contributed by atoms with Gasteiger partial charge in [-0.25, -0.2) is 9.59 Å². The van der Waals surface area contributed by atoms with Crippen molar-refractivity contribution in [2.45, 2.75) is 39.0 Å². The fourth-order valence-corrected chi connectivity index (χ4v) is 2.36. The molecule has 7 nitrogen and oxygen atoms in total. The van der Waals surface area contributed by atoms with Gasteiger partial charge in [0.15, 0.2) is 5.78 Å². The second kappa shape index (κ2) is 14.8. The fourth-order valence-electron chi connectivity index (χ4n) is 2.36. The van der Waals surface area contributed by atoms with Crippen LogP contribution in [0.4, 0.5) is 4.79 Å². The SMILES string of the molecule is C=C(C)C(=O)CCNC(=O)OCCCCCCOc1ccc(C=CC(=O)OC)cc1. The maximum absolute atomic E-state index is 11.5. The van der Waals surface area contributed by atoms with Crippen molar-refractivity contribution in [2.75, 3.05) is 26.9 Å². The van der Waals surface area contributed by atoms with Gasteiger partial charge in [-0.1, -0.05) is 18.7 Å². The maximum Gasteiger partial charge on any atom is 0.407 e. The van der Waals surface area contributed by atoms with Gasteiger partial charge in [0.1, 0.15) is 5.75 Å². The molecule has 30 heavy (non-hydrogen) atoms. The summed E-state index contributed by atoms with van der Waals surface area (Å²) in [7, 11) is 1.34. The van der Waals surface area contributed by atoms with Crippen molar-refractivity contribution >= 4 is 23.9 Å². The number of unbranched alkanes of at least 4 members (excludes halogenated alkanes) is 3. The van der Waals surface area contributed by atoms with E-state index in [2.05, 4.69) is 16.6 Å². The predicted molar refractivity (Wildman–Crippen MR) is 115 cm³/mol. The van der Waals surface area contributed by atoms with E-state index in [4.69, 9.17) is 9.47 Å². The molecule has 0 spiro atoms. The Kier molecular flexibility index (Phi) is 12.3. The molecule has 1 amide bonds. The molecule has 0 unspecified atom stereocenters. The molecule has 0 aliphatic heterocycles. The molecule has 1 N–H and O–H groups in total. The Balaban J connectivity index is 2.03. The molecule has 0 fully saturated rings. The summed E-state index contributed by atoms with van der Waals surface area (Å²) >= 11 is 0. The Bertz CT molecular complexity index is 724. The first-order valence-corrected chi connectivity index (χ1v) is 10.0. The zero-order chi connectivity index (χ0) is 22.2. The van der Waals surface area contributed by atoms with Gasteiger partial charge in [0, 0.05) is 19.0 Å². The molecule has 164 valence electrons. The molecule has 0 saturated heterocycles. The van der Waals surface area contributed by atoms with Crippen LogP contribution in [0.25, 0.3) is 6.08 Å². The molecule has 0 aromatic heterocycles. The summed E-state index contributed by atoms with van der Waals surface area (Å²) in [6.45, 7) is 6.42. The molecule has 1 rings (SSSR count). The standard InChI is InChI=1S/C23H31NO6/c1-18(2)21(25)14-15-24-23(27)30-17-7-5-4-6-16-29-20-11-8-19(9-12-20)10-13-22(26)28-3/h8-13H,1,4-7,14-17H2,2-3H3,(H,24,27). The normalized spacial score (nSPS) is 10.5. The van der Waals surface area contributed by atoms with E-state index in [9.17, 15) is 14.4 Å². The number of methoxy groups -OCH3 is 1. The number of benzene rings is 1. The van der Waals surface area contributed by atoms with E-state index in [1.54, 1.807) is 13.0 Å². The topological polar surface area (TPSA) is 90.9 Å². The van der Waals surface area contributed by atoms with Crippen molar-refractivity contribution in [1.29, 1.82) is 0 Å². The van der Waals surface area contributed by atoms with E-state index in [1.165, 1.54) is 13.2 Å². The monoisotopic (exact) mass is 417 g/mol.